The van der Waals surface area contributed by atoms with Crippen molar-refractivity contribution >= 4 is 21.8 Å². The average Bonchev–Trinajstić information content (AvgIpc) is 2.83. The van der Waals surface area contributed by atoms with E-state index in [0.29, 0.717) is 12.0 Å². The summed E-state index contributed by atoms with van der Waals surface area (Å²) in [5, 5.41) is 0. The van der Waals surface area contributed by atoms with E-state index in [1.807, 2.05) is 32.3 Å². The Labute approximate surface area is 149 Å². The number of carbonyl (C=O) groups excluding carboxylic acids is 2. The van der Waals surface area contributed by atoms with Crippen LogP contribution in [-0.4, -0.2) is 43.1 Å². The zero-order chi connectivity index (χ0) is 19.2. The van der Waals surface area contributed by atoms with Gasteiger partial charge in [0.15, 0.2) is 6.61 Å². The van der Waals surface area contributed by atoms with Crippen LogP contribution in [0.2, 0.25) is 0 Å². The molecule has 0 radical (unpaired) electrons. The fourth-order valence-electron chi connectivity index (χ4n) is 2.62. The van der Waals surface area contributed by atoms with Gasteiger partial charge < -0.3 is 9.30 Å². The van der Waals surface area contributed by atoms with Gasteiger partial charge in [-0.15, -0.1) is 0 Å². The lowest BCUT2D eigenvalue weighted by atomic mass is 10.1. The zero-order valence-corrected chi connectivity index (χ0v) is 16.4. The Bertz CT molecular complexity index is 722. The summed E-state index contributed by atoms with van der Waals surface area (Å²) in [7, 11) is -3.53. The van der Waals surface area contributed by atoms with Crippen molar-refractivity contribution in [2.45, 2.75) is 60.0 Å². The van der Waals surface area contributed by atoms with Crippen molar-refractivity contribution < 1.29 is 22.7 Å². The first kappa shape index (κ1) is 21.4. The summed E-state index contributed by atoms with van der Waals surface area (Å²) < 4.78 is 32.8. The van der Waals surface area contributed by atoms with Crippen molar-refractivity contribution in [2.24, 2.45) is 0 Å². The van der Waals surface area contributed by atoms with Crippen LogP contribution in [-0.2, 0) is 26.1 Å². The Morgan fingerprint density at radius 2 is 1.92 bits per heavy atom. The number of unbranched alkanes of at least 4 members (excludes halogenated alkanes) is 1. The minimum absolute atomic E-state index is 0.0386. The van der Waals surface area contributed by atoms with Gasteiger partial charge in [-0.1, -0.05) is 13.3 Å². The van der Waals surface area contributed by atoms with E-state index in [1.54, 1.807) is 6.07 Å². The second kappa shape index (κ2) is 9.15. The Balaban J connectivity index is 2.62. The highest BCUT2D eigenvalue weighted by Crippen LogP contribution is 2.15. The van der Waals surface area contributed by atoms with Gasteiger partial charge in [-0.2, -0.15) is 0 Å². The van der Waals surface area contributed by atoms with Gasteiger partial charge in [-0.05, 0) is 40.2 Å². The Kier molecular flexibility index (Phi) is 7.82. The minimum Gasteiger partial charge on any atom is -0.456 e. The molecule has 142 valence electrons. The molecule has 1 heterocycles. The molecule has 0 saturated carbocycles. The number of carbonyl (C=O) groups is 2. The number of aromatic nitrogens is 1. The largest absolute Gasteiger partial charge is 0.456 e. The number of rotatable bonds is 10. The maximum Gasteiger partial charge on any atom is 0.324 e. The first-order chi connectivity index (χ1) is 11.6. The highest BCUT2D eigenvalue weighted by Gasteiger charge is 2.23. The summed E-state index contributed by atoms with van der Waals surface area (Å²) in [6, 6.07) is 0.740. The molecule has 8 heteroatoms. The minimum atomic E-state index is -3.53. The summed E-state index contributed by atoms with van der Waals surface area (Å²) in [4.78, 5) is 24.2. The van der Waals surface area contributed by atoms with Gasteiger partial charge in [-0.3, -0.25) is 9.59 Å². The number of aryl methyl sites for hydroxylation is 1. The van der Waals surface area contributed by atoms with Gasteiger partial charge in [0.1, 0.15) is 6.04 Å². The number of Topliss-reactive ketones (excluding diaryl/α,β-unsaturated/α-hetero) is 1. The third-order valence-electron chi connectivity index (χ3n) is 4.01. The molecule has 0 spiro atoms. The number of nitrogens with one attached hydrogen (secondary N) is 1. The summed E-state index contributed by atoms with van der Waals surface area (Å²) in [6.07, 6.45) is 1.26. The first-order valence-electron chi connectivity index (χ1n) is 8.49. The van der Waals surface area contributed by atoms with E-state index >= 15 is 0 Å². The van der Waals surface area contributed by atoms with E-state index in [9.17, 15) is 18.0 Å². The molecule has 0 saturated heterocycles. The molecule has 0 fully saturated rings. The van der Waals surface area contributed by atoms with Gasteiger partial charge in [0, 0.05) is 23.5 Å². The van der Waals surface area contributed by atoms with Crippen LogP contribution in [0.5, 0.6) is 0 Å². The molecule has 0 unspecified atom stereocenters. The van der Waals surface area contributed by atoms with Gasteiger partial charge in [-0.25, -0.2) is 13.1 Å². The molecule has 0 aliphatic heterocycles. The fraction of sp³-hybridized carbons (Fsp3) is 0.647. The first-order valence-corrected chi connectivity index (χ1v) is 10.1. The van der Waals surface area contributed by atoms with E-state index in [4.69, 9.17) is 4.74 Å². The number of nitrogens with zero attached hydrogens (tertiary/aromatic N) is 1. The predicted octanol–water partition coefficient (Wildman–Crippen LogP) is 1.96. The summed E-state index contributed by atoms with van der Waals surface area (Å²) in [5.74, 6) is -1.11. The maximum atomic E-state index is 12.3. The molecule has 0 aliphatic rings. The quantitative estimate of drug-likeness (QED) is 0.500. The number of hydrogen-bond donors (Lipinski definition) is 1. The van der Waals surface area contributed by atoms with Gasteiger partial charge >= 0.3 is 5.97 Å². The number of hydrogen-bond acceptors (Lipinski definition) is 5. The normalized spacial score (nSPS) is 12.8. The van der Waals surface area contributed by atoms with E-state index in [-0.39, 0.29) is 11.5 Å². The van der Waals surface area contributed by atoms with Crippen molar-refractivity contribution in [3.63, 3.8) is 0 Å². The van der Waals surface area contributed by atoms with Crippen LogP contribution >= 0.6 is 0 Å². The van der Waals surface area contributed by atoms with Crippen LogP contribution in [0.4, 0.5) is 0 Å². The zero-order valence-electron chi connectivity index (χ0n) is 15.6. The van der Waals surface area contributed by atoms with E-state index < -0.39 is 28.6 Å². The number of esters is 1. The van der Waals surface area contributed by atoms with Crippen molar-refractivity contribution in [2.75, 3.05) is 12.4 Å². The Morgan fingerprint density at radius 3 is 2.44 bits per heavy atom. The third kappa shape index (κ3) is 5.97. The monoisotopic (exact) mass is 372 g/mol. The Morgan fingerprint density at radius 1 is 1.28 bits per heavy atom. The molecule has 0 aromatic carbocycles. The average molecular weight is 372 g/mol. The van der Waals surface area contributed by atoms with Crippen molar-refractivity contribution in [3.8, 4) is 0 Å². The molecule has 1 rings (SSSR count). The maximum absolute atomic E-state index is 12.3. The Hall–Kier alpha value is -1.67. The van der Waals surface area contributed by atoms with Crippen LogP contribution in [0.1, 0.15) is 55.4 Å². The number of ketones is 1. The lowest BCUT2D eigenvalue weighted by Crippen LogP contribution is -2.41. The highest BCUT2D eigenvalue weighted by atomic mass is 32.2. The standard InChI is InChI=1S/C17H28N2O5S/c1-6-8-9-25(22,23)18-13(4)17(21)24-11-16(20)15-10-12(3)19(7-2)14(15)5/h10,13,18H,6-9,11H2,1-5H3/t13-/m0/s1. The molecule has 0 amide bonds. The SMILES string of the molecule is CCCCS(=O)(=O)N[C@@H](C)C(=O)OCC(=O)c1cc(C)n(CC)c1C. The molecule has 0 aliphatic carbocycles. The molecule has 0 bridgehead atoms. The number of sulfonamides is 1. The van der Waals surface area contributed by atoms with Gasteiger partial charge in [0.05, 0.1) is 5.75 Å². The molecular formula is C17H28N2O5S. The second-order valence-electron chi connectivity index (χ2n) is 6.07. The molecule has 1 N–H and O–H groups in total. The summed E-state index contributed by atoms with van der Waals surface area (Å²) >= 11 is 0. The molecule has 25 heavy (non-hydrogen) atoms. The summed E-state index contributed by atoms with van der Waals surface area (Å²) in [6.45, 7) is 9.37. The molecule has 1 atom stereocenters. The van der Waals surface area contributed by atoms with Crippen molar-refractivity contribution in [1.82, 2.24) is 9.29 Å². The lowest BCUT2D eigenvalue weighted by Gasteiger charge is -2.13. The fourth-order valence-corrected chi connectivity index (χ4v) is 4.04. The van der Waals surface area contributed by atoms with Crippen molar-refractivity contribution in [3.05, 3.63) is 23.0 Å². The van der Waals surface area contributed by atoms with E-state index in [2.05, 4.69) is 4.72 Å². The van der Waals surface area contributed by atoms with Crippen LogP contribution in [0, 0.1) is 13.8 Å². The van der Waals surface area contributed by atoms with Crippen LogP contribution < -0.4 is 4.72 Å². The molecule has 1 aromatic heterocycles. The highest BCUT2D eigenvalue weighted by molar-refractivity contribution is 7.89. The lowest BCUT2D eigenvalue weighted by molar-refractivity contribution is -0.144. The number of ether oxygens (including phenoxy) is 1. The van der Waals surface area contributed by atoms with E-state index in [1.165, 1.54) is 6.92 Å². The van der Waals surface area contributed by atoms with Crippen LogP contribution in [0.3, 0.4) is 0 Å². The van der Waals surface area contributed by atoms with E-state index in [0.717, 1.165) is 24.4 Å². The summed E-state index contributed by atoms with van der Waals surface area (Å²) in [5.41, 5.74) is 2.31. The van der Waals surface area contributed by atoms with Gasteiger partial charge in [0.2, 0.25) is 15.8 Å². The molecule has 1 aromatic rings. The topological polar surface area (TPSA) is 94.5 Å². The second-order valence-corrected chi connectivity index (χ2v) is 7.95. The predicted molar refractivity (Wildman–Crippen MR) is 96.2 cm³/mol. The molecular weight excluding hydrogens is 344 g/mol. The third-order valence-corrected chi connectivity index (χ3v) is 5.55. The van der Waals surface area contributed by atoms with Gasteiger partial charge in [0.25, 0.3) is 0 Å². The van der Waals surface area contributed by atoms with Crippen LogP contribution in [0.25, 0.3) is 0 Å². The van der Waals surface area contributed by atoms with Crippen molar-refractivity contribution in [1.29, 1.82) is 0 Å². The molecule has 7 nitrogen and oxygen atoms in total. The van der Waals surface area contributed by atoms with Crippen LogP contribution in [0.15, 0.2) is 6.07 Å². The smallest absolute Gasteiger partial charge is 0.324 e.